The van der Waals surface area contributed by atoms with Gasteiger partial charge in [0.25, 0.3) is 0 Å². The van der Waals surface area contributed by atoms with Crippen molar-refractivity contribution in [2.45, 2.75) is 6.54 Å². The van der Waals surface area contributed by atoms with Gasteiger partial charge in [0.1, 0.15) is 5.75 Å². The predicted octanol–water partition coefficient (Wildman–Crippen LogP) is 4.00. The molecule has 0 aliphatic carbocycles. The topological polar surface area (TPSA) is 59.6 Å². The van der Waals surface area contributed by atoms with Crippen LogP contribution in [-0.4, -0.2) is 13.1 Å². The number of hydrogen-bond donors (Lipinski definition) is 2. The third kappa shape index (κ3) is 5.92. The third-order valence-electron chi connectivity index (χ3n) is 2.71. The normalized spacial score (nSPS) is 10.7. The molecule has 0 bridgehead atoms. The summed E-state index contributed by atoms with van der Waals surface area (Å²) < 4.78 is 6.15. The van der Waals surface area contributed by atoms with Crippen LogP contribution in [0.4, 0.5) is 5.69 Å². The fourth-order valence-electron chi connectivity index (χ4n) is 1.63. The minimum atomic E-state index is 0. The Bertz CT molecular complexity index is 585. The van der Waals surface area contributed by atoms with Crippen LogP contribution >= 0.6 is 39.9 Å². The van der Waals surface area contributed by atoms with Crippen molar-refractivity contribution in [2.75, 3.05) is 12.4 Å². The summed E-state index contributed by atoms with van der Waals surface area (Å²) in [6.45, 7) is 0.544. The molecule has 2 aromatic carbocycles. The van der Waals surface area contributed by atoms with Gasteiger partial charge in [-0.1, -0.05) is 28.1 Å². The average molecular weight is 462 g/mol. The van der Waals surface area contributed by atoms with E-state index >= 15 is 0 Å². The first-order chi connectivity index (χ1) is 9.67. The highest BCUT2D eigenvalue weighted by Crippen LogP contribution is 2.15. The Morgan fingerprint density at radius 2 is 1.76 bits per heavy atom. The first kappa shape index (κ1) is 17.8. The largest absolute Gasteiger partial charge is 0.497 e. The van der Waals surface area contributed by atoms with Crippen LogP contribution in [0, 0.1) is 0 Å². The number of hydrogen-bond acceptors (Lipinski definition) is 2. The zero-order valence-electron chi connectivity index (χ0n) is 11.5. The van der Waals surface area contributed by atoms with E-state index in [-0.39, 0.29) is 24.0 Å². The summed E-state index contributed by atoms with van der Waals surface area (Å²) >= 11 is 3.40. The van der Waals surface area contributed by atoms with Crippen molar-refractivity contribution in [1.82, 2.24) is 0 Å². The van der Waals surface area contributed by atoms with Crippen molar-refractivity contribution in [2.24, 2.45) is 10.7 Å². The predicted molar refractivity (Wildman–Crippen MR) is 102 cm³/mol. The molecule has 0 heterocycles. The highest BCUT2D eigenvalue weighted by atomic mass is 127. The first-order valence-corrected chi connectivity index (χ1v) is 6.92. The number of nitrogens with zero attached hydrogens (tertiary/aromatic N) is 1. The van der Waals surface area contributed by atoms with E-state index in [4.69, 9.17) is 10.5 Å². The van der Waals surface area contributed by atoms with E-state index in [1.165, 1.54) is 0 Å². The zero-order valence-corrected chi connectivity index (χ0v) is 15.5. The summed E-state index contributed by atoms with van der Waals surface area (Å²) in [6, 6.07) is 15.5. The van der Waals surface area contributed by atoms with Crippen molar-refractivity contribution in [1.29, 1.82) is 0 Å². The molecular weight excluding hydrogens is 445 g/mol. The van der Waals surface area contributed by atoms with E-state index in [1.54, 1.807) is 7.11 Å². The smallest absolute Gasteiger partial charge is 0.193 e. The quantitative estimate of drug-likeness (QED) is 0.411. The molecular formula is C15H17BrIN3O. The average Bonchev–Trinajstić information content (AvgIpc) is 2.47. The Hall–Kier alpha value is -1.28. The van der Waals surface area contributed by atoms with Gasteiger partial charge >= 0.3 is 0 Å². The van der Waals surface area contributed by atoms with Crippen LogP contribution in [-0.2, 0) is 6.54 Å². The summed E-state index contributed by atoms with van der Waals surface area (Å²) in [5.41, 5.74) is 7.83. The van der Waals surface area contributed by atoms with E-state index in [2.05, 4.69) is 26.2 Å². The molecule has 0 saturated carbocycles. The molecule has 21 heavy (non-hydrogen) atoms. The summed E-state index contributed by atoms with van der Waals surface area (Å²) in [4.78, 5) is 4.30. The lowest BCUT2D eigenvalue weighted by Crippen LogP contribution is -2.22. The molecule has 4 nitrogen and oxygen atoms in total. The second kappa shape index (κ2) is 8.89. The lowest BCUT2D eigenvalue weighted by atomic mass is 10.2. The maximum atomic E-state index is 5.85. The van der Waals surface area contributed by atoms with Crippen molar-refractivity contribution in [3.63, 3.8) is 0 Å². The first-order valence-electron chi connectivity index (χ1n) is 6.13. The highest BCUT2D eigenvalue weighted by molar-refractivity contribution is 14.0. The lowest BCUT2D eigenvalue weighted by molar-refractivity contribution is 0.415. The Balaban J connectivity index is 0.00000220. The van der Waals surface area contributed by atoms with E-state index in [9.17, 15) is 0 Å². The Morgan fingerprint density at radius 3 is 2.33 bits per heavy atom. The van der Waals surface area contributed by atoms with Crippen molar-refractivity contribution < 1.29 is 4.74 Å². The molecule has 0 aliphatic heterocycles. The molecule has 0 unspecified atom stereocenters. The van der Waals surface area contributed by atoms with Gasteiger partial charge in [-0.15, -0.1) is 24.0 Å². The third-order valence-corrected chi connectivity index (χ3v) is 3.24. The maximum Gasteiger partial charge on any atom is 0.193 e. The van der Waals surface area contributed by atoms with E-state index < -0.39 is 0 Å². The fraction of sp³-hybridized carbons (Fsp3) is 0.133. The van der Waals surface area contributed by atoms with Gasteiger partial charge in [-0.3, -0.25) is 0 Å². The number of nitrogens with one attached hydrogen (secondary N) is 1. The van der Waals surface area contributed by atoms with Gasteiger partial charge in [0.15, 0.2) is 5.96 Å². The van der Waals surface area contributed by atoms with Crippen LogP contribution in [0.1, 0.15) is 5.56 Å². The summed E-state index contributed by atoms with van der Waals surface area (Å²) in [5, 5.41) is 3.04. The van der Waals surface area contributed by atoms with Crippen LogP contribution in [0.5, 0.6) is 5.75 Å². The Morgan fingerprint density at radius 1 is 1.14 bits per heavy atom. The number of anilines is 1. The Kier molecular flexibility index (Phi) is 7.52. The number of nitrogens with two attached hydrogens (primary N) is 1. The van der Waals surface area contributed by atoms with Gasteiger partial charge in [-0.2, -0.15) is 0 Å². The highest BCUT2D eigenvalue weighted by Gasteiger charge is 1.97. The molecule has 112 valence electrons. The Labute approximate surface area is 149 Å². The van der Waals surface area contributed by atoms with Crippen LogP contribution in [0.25, 0.3) is 0 Å². The maximum absolute atomic E-state index is 5.85. The summed E-state index contributed by atoms with van der Waals surface area (Å²) in [5.74, 6) is 1.19. The number of halogens is 2. The molecule has 0 atom stereocenters. The van der Waals surface area contributed by atoms with E-state index in [0.29, 0.717) is 12.5 Å². The fourth-order valence-corrected chi connectivity index (χ4v) is 1.89. The van der Waals surface area contributed by atoms with Gasteiger partial charge in [0.2, 0.25) is 0 Å². The van der Waals surface area contributed by atoms with Gasteiger partial charge in [0.05, 0.1) is 13.7 Å². The van der Waals surface area contributed by atoms with E-state index in [0.717, 1.165) is 21.5 Å². The summed E-state index contributed by atoms with van der Waals surface area (Å²) in [7, 11) is 1.64. The lowest BCUT2D eigenvalue weighted by Gasteiger charge is -2.06. The van der Waals surface area contributed by atoms with Crippen LogP contribution in [0.2, 0.25) is 0 Å². The number of methoxy groups -OCH3 is 1. The molecule has 6 heteroatoms. The SMILES string of the molecule is COc1ccc(NC(N)=NCc2ccc(Br)cc2)cc1.I. The number of guanidine groups is 1. The molecule has 0 saturated heterocycles. The van der Waals surface area contributed by atoms with Crippen molar-refractivity contribution in [3.8, 4) is 5.75 Å². The molecule has 0 fully saturated rings. The second-order valence-corrected chi connectivity index (χ2v) is 5.10. The molecule has 0 radical (unpaired) electrons. The molecule has 3 N–H and O–H groups in total. The second-order valence-electron chi connectivity index (χ2n) is 4.18. The molecule has 2 rings (SSSR count). The number of ether oxygens (including phenoxy) is 1. The minimum Gasteiger partial charge on any atom is -0.497 e. The van der Waals surface area contributed by atoms with Gasteiger partial charge in [-0.25, -0.2) is 4.99 Å². The zero-order chi connectivity index (χ0) is 14.4. The monoisotopic (exact) mass is 461 g/mol. The molecule has 0 spiro atoms. The van der Waals surface area contributed by atoms with Crippen molar-refractivity contribution >= 4 is 51.6 Å². The van der Waals surface area contributed by atoms with Gasteiger partial charge in [0, 0.05) is 10.2 Å². The molecule has 0 amide bonds. The number of benzene rings is 2. The number of rotatable bonds is 4. The van der Waals surface area contributed by atoms with Gasteiger partial charge in [-0.05, 0) is 42.0 Å². The molecule has 0 aliphatic rings. The molecule has 0 aromatic heterocycles. The van der Waals surface area contributed by atoms with E-state index in [1.807, 2.05) is 48.5 Å². The van der Waals surface area contributed by atoms with Crippen LogP contribution in [0.15, 0.2) is 58.0 Å². The summed E-state index contributed by atoms with van der Waals surface area (Å²) in [6.07, 6.45) is 0. The van der Waals surface area contributed by atoms with Crippen LogP contribution < -0.4 is 15.8 Å². The standard InChI is InChI=1S/C15H16BrN3O.HI/c1-20-14-8-6-13(7-9-14)19-15(17)18-10-11-2-4-12(16)5-3-11;/h2-9H,10H2,1H3,(H3,17,18,19);1H. The van der Waals surface area contributed by atoms with Crippen molar-refractivity contribution in [3.05, 3.63) is 58.6 Å². The minimum absolute atomic E-state index is 0. The number of aliphatic imine (C=N–C) groups is 1. The molecule has 2 aromatic rings. The van der Waals surface area contributed by atoms with Gasteiger partial charge < -0.3 is 15.8 Å². The van der Waals surface area contributed by atoms with Crippen LogP contribution in [0.3, 0.4) is 0 Å².